The van der Waals surface area contributed by atoms with Crippen molar-refractivity contribution in [1.82, 2.24) is 10.2 Å². The van der Waals surface area contributed by atoms with E-state index in [9.17, 15) is 0 Å². The van der Waals surface area contributed by atoms with E-state index in [1.807, 2.05) is 0 Å². The summed E-state index contributed by atoms with van der Waals surface area (Å²) in [6.45, 7) is 8.36. The van der Waals surface area contributed by atoms with Gasteiger partial charge in [-0.25, -0.2) is 0 Å². The number of hydrogen-bond acceptors (Lipinski definition) is 3. The Balaban J connectivity index is 3.18. The lowest BCUT2D eigenvalue weighted by Crippen LogP contribution is -2.06. The van der Waals surface area contributed by atoms with Crippen molar-refractivity contribution < 1.29 is 0 Å². The molecule has 0 aromatic carbocycles. The zero-order valence-electron chi connectivity index (χ0n) is 8.70. The fraction of sp³-hybridized carbons (Fsp3) is 0.600. The van der Waals surface area contributed by atoms with Crippen molar-refractivity contribution >= 4 is 5.69 Å². The average Bonchev–Trinajstić information content (AvgIpc) is 2.03. The maximum atomic E-state index is 5.98. The van der Waals surface area contributed by atoms with E-state index in [1.54, 1.807) is 6.20 Å². The Morgan fingerprint density at radius 1 is 1.15 bits per heavy atom. The topological polar surface area (TPSA) is 51.8 Å². The Morgan fingerprint density at radius 2 is 1.77 bits per heavy atom. The van der Waals surface area contributed by atoms with E-state index in [0.717, 1.165) is 16.9 Å². The lowest BCUT2D eigenvalue weighted by Gasteiger charge is -2.13. The smallest absolute Gasteiger partial charge is 0.0888 e. The second kappa shape index (κ2) is 3.73. The number of rotatable bonds is 2. The van der Waals surface area contributed by atoms with Gasteiger partial charge >= 0.3 is 0 Å². The number of nitrogens with zero attached hydrogens (tertiary/aromatic N) is 2. The zero-order valence-corrected chi connectivity index (χ0v) is 8.70. The monoisotopic (exact) mass is 179 g/mol. The first kappa shape index (κ1) is 9.96. The normalized spacial score (nSPS) is 11.2. The highest BCUT2D eigenvalue weighted by molar-refractivity contribution is 5.51. The maximum absolute atomic E-state index is 5.98. The Kier molecular flexibility index (Phi) is 2.86. The third kappa shape index (κ3) is 1.97. The first-order valence-electron chi connectivity index (χ1n) is 4.65. The quantitative estimate of drug-likeness (QED) is 0.758. The van der Waals surface area contributed by atoms with Crippen molar-refractivity contribution in [2.24, 2.45) is 0 Å². The van der Waals surface area contributed by atoms with Crippen molar-refractivity contribution in [3.05, 3.63) is 17.5 Å². The van der Waals surface area contributed by atoms with Crippen LogP contribution in [0.2, 0.25) is 0 Å². The number of nitrogens with two attached hydrogens (primary N) is 1. The van der Waals surface area contributed by atoms with Crippen molar-refractivity contribution in [3.8, 4) is 0 Å². The van der Waals surface area contributed by atoms with Gasteiger partial charge in [0.05, 0.1) is 17.6 Å². The molecule has 0 bridgehead atoms. The van der Waals surface area contributed by atoms with Gasteiger partial charge in [0, 0.05) is 0 Å². The minimum atomic E-state index is 0.339. The molecule has 0 amide bonds. The number of hydrogen-bond donors (Lipinski definition) is 1. The van der Waals surface area contributed by atoms with Crippen LogP contribution < -0.4 is 5.73 Å². The molecule has 1 heterocycles. The van der Waals surface area contributed by atoms with Crippen LogP contribution in [0.3, 0.4) is 0 Å². The van der Waals surface area contributed by atoms with Crippen molar-refractivity contribution in [2.75, 3.05) is 5.73 Å². The fourth-order valence-corrected chi connectivity index (χ4v) is 1.31. The van der Waals surface area contributed by atoms with E-state index in [-0.39, 0.29) is 0 Å². The average molecular weight is 179 g/mol. The summed E-state index contributed by atoms with van der Waals surface area (Å²) >= 11 is 0. The predicted octanol–water partition coefficient (Wildman–Crippen LogP) is 2.31. The van der Waals surface area contributed by atoms with Gasteiger partial charge in [0.2, 0.25) is 0 Å². The zero-order chi connectivity index (χ0) is 10.0. The van der Waals surface area contributed by atoms with E-state index in [2.05, 4.69) is 37.9 Å². The van der Waals surface area contributed by atoms with Crippen LogP contribution in [0.25, 0.3) is 0 Å². The maximum Gasteiger partial charge on any atom is 0.0888 e. The Labute approximate surface area is 79.4 Å². The molecule has 2 N–H and O–H groups in total. The van der Waals surface area contributed by atoms with Gasteiger partial charge < -0.3 is 5.73 Å². The van der Waals surface area contributed by atoms with Gasteiger partial charge in [0.25, 0.3) is 0 Å². The molecule has 0 saturated carbocycles. The largest absolute Gasteiger partial charge is 0.397 e. The summed E-state index contributed by atoms with van der Waals surface area (Å²) < 4.78 is 0. The van der Waals surface area contributed by atoms with Gasteiger partial charge in [-0.15, -0.1) is 0 Å². The highest BCUT2D eigenvalue weighted by Crippen LogP contribution is 2.26. The summed E-state index contributed by atoms with van der Waals surface area (Å²) in [6.07, 6.45) is 1.76. The molecule has 0 fully saturated rings. The highest BCUT2D eigenvalue weighted by atomic mass is 15.1. The standard InChI is InChI=1S/C10H17N3/c1-6(2)8-5-12-13-10(7(3)4)9(8)11/h5-7H,1-4H3,(H2,11,12). The minimum Gasteiger partial charge on any atom is -0.397 e. The molecule has 1 aromatic rings. The van der Waals surface area contributed by atoms with Crippen LogP contribution in [0.15, 0.2) is 6.20 Å². The molecule has 0 aliphatic heterocycles. The van der Waals surface area contributed by atoms with Crippen LogP contribution in [0.5, 0.6) is 0 Å². The Bertz CT molecular complexity index is 266. The Hall–Kier alpha value is -1.12. The summed E-state index contributed by atoms with van der Waals surface area (Å²) in [4.78, 5) is 0. The van der Waals surface area contributed by atoms with E-state index in [1.165, 1.54) is 0 Å². The lowest BCUT2D eigenvalue weighted by atomic mass is 9.99. The Morgan fingerprint density at radius 3 is 2.23 bits per heavy atom. The van der Waals surface area contributed by atoms with Gasteiger partial charge in [-0.3, -0.25) is 0 Å². The van der Waals surface area contributed by atoms with Gasteiger partial charge in [-0.2, -0.15) is 10.2 Å². The van der Waals surface area contributed by atoms with Crippen LogP contribution >= 0.6 is 0 Å². The third-order valence-corrected chi connectivity index (χ3v) is 2.12. The number of aromatic nitrogens is 2. The molecule has 0 aliphatic rings. The number of anilines is 1. The van der Waals surface area contributed by atoms with Crippen molar-refractivity contribution in [3.63, 3.8) is 0 Å². The second-order valence-corrected chi connectivity index (χ2v) is 3.91. The van der Waals surface area contributed by atoms with Crippen LogP contribution in [0.4, 0.5) is 5.69 Å². The van der Waals surface area contributed by atoms with Gasteiger partial charge in [0.1, 0.15) is 0 Å². The second-order valence-electron chi connectivity index (χ2n) is 3.91. The molecule has 3 heteroatoms. The van der Waals surface area contributed by atoms with E-state index < -0.39 is 0 Å². The molecule has 0 atom stereocenters. The van der Waals surface area contributed by atoms with Crippen LogP contribution in [-0.2, 0) is 0 Å². The molecule has 0 aliphatic carbocycles. The lowest BCUT2D eigenvalue weighted by molar-refractivity contribution is 0.765. The van der Waals surface area contributed by atoms with Crippen molar-refractivity contribution in [1.29, 1.82) is 0 Å². The summed E-state index contributed by atoms with van der Waals surface area (Å²) in [6, 6.07) is 0. The summed E-state index contributed by atoms with van der Waals surface area (Å²) in [5.41, 5.74) is 8.79. The first-order chi connectivity index (χ1) is 6.04. The van der Waals surface area contributed by atoms with Crippen LogP contribution in [-0.4, -0.2) is 10.2 Å². The first-order valence-corrected chi connectivity index (χ1v) is 4.65. The van der Waals surface area contributed by atoms with Crippen molar-refractivity contribution in [2.45, 2.75) is 39.5 Å². The molecule has 3 nitrogen and oxygen atoms in total. The van der Waals surface area contributed by atoms with E-state index in [4.69, 9.17) is 5.73 Å². The number of nitrogen functional groups attached to an aromatic ring is 1. The predicted molar refractivity (Wildman–Crippen MR) is 54.6 cm³/mol. The molecule has 1 rings (SSSR count). The molecule has 0 spiro atoms. The molecule has 72 valence electrons. The molecule has 0 unspecified atom stereocenters. The summed E-state index contributed by atoms with van der Waals surface area (Å²) in [7, 11) is 0. The van der Waals surface area contributed by atoms with E-state index in [0.29, 0.717) is 11.8 Å². The highest BCUT2D eigenvalue weighted by Gasteiger charge is 2.12. The molecule has 1 aromatic heterocycles. The third-order valence-electron chi connectivity index (χ3n) is 2.12. The van der Waals surface area contributed by atoms with Gasteiger partial charge in [0.15, 0.2) is 0 Å². The van der Waals surface area contributed by atoms with Crippen LogP contribution in [0.1, 0.15) is 50.8 Å². The fourth-order valence-electron chi connectivity index (χ4n) is 1.31. The molecule has 0 radical (unpaired) electrons. The van der Waals surface area contributed by atoms with Crippen LogP contribution in [0, 0.1) is 0 Å². The SMILES string of the molecule is CC(C)c1cnnc(C(C)C)c1N. The molecular formula is C10H17N3. The molecule has 13 heavy (non-hydrogen) atoms. The van der Waals surface area contributed by atoms with Gasteiger partial charge in [-0.05, 0) is 17.4 Å². The van der Waals surface area contributed by atoms with Gasteiger partial charge in [-0.1, -0.05) is 27.7 Å². The van der Waals surface area contributed by atoms with E-state index >= 15 is 0 Å². The summed E-state index contributed by atoms with van der Waals surface area (Å²) in [5.74, 6) is 0.749. The molecular weight excluding hydrogens is 162 g/mol. The minimum absolute atomic E-state index is 0.339. The molecule has 0 saturated heterocycles. The summed E-state index contributed by atoms with van der Waals surface area (Å²) in [5, 5.41) is 8.00.